The van der Waals surface area contributed by atoms with E-state index in [9.17, 15) is 14.7 Å². The average Bonchev–Trinajstić information content (AvgIpc) is 3.32. The van der Waals surface area contributed by atoms with Crippen molar-refractivity contribution in [2.75, 3.05) is 0 Å². The number of aryl methyl sites for hydroxylation is 2. The molecule has 0 spiro atoms. The van der Waals surface area contributed by atoms with Gasteiger partial charge in [-0.05, 0) is 84.3 Å². The maximum Gasteiger partial charge on any atom is 0.336 e. The summed E-state index contributed by atoms with van der Waals surface area (Å²) in [5.41, 5.74) is 10.7. The van der Waals surface area contributed by atoms with E-state index < -0.39 is 5.97 Å². The molecule has 0 saturated heterocycles. The van der Waals surface area contributed by atoms with Crippen molar-refractivity contribution in [3.8, 4) is 11.1 Å². The molecule has 5 nitrogen and oxygen atoms in total. The topological polar surface area (TPSA) is 71.3 Å². The Kier molecular flexibility index (Phi) is 10.4. The first kappa shape index (κ1) is 33.0. The lowest BCUT2D eigenvalue weighted by molar-refractivity contribution is 0.0697. The second kappa shape index (κ2) is 14.8. The van der Waals surface area contributed by atoms with Crippen molar-refractivity contribution in [2.24, 2.45) is 0 Å². The van der Waals surface area contributed by atoms with Crippen LogP contribution in [0.15, 0.2) is 121 Å². The quantitative estimate of drug-likeness (QED) is 0.178. The number of hydrogen-bond acceptors (Lipinski definition) is 2. The van der Waals surface area contributed by atoms with Crippen molar-refractivity contribution in [1.29, 1.82) is 0 Å². The number of fused-ring (bicyclic) bond motifs is 1. The van der Waals surface area contributed by atoms with E-state index in [2.05, 4.69) is 68.8 Å². The van der Waals surface area contributed by atoms with Crippen molar-refractivity contribution in [3.63, 3.8) is 0 Å². The van der Waals surface area contributed by atoms with Gasteiger partial charge in [0.2, 0.25) is 0 Å². The lowest BCUT2D eigenvalue weighted by Gasteiger charge is -2.11. The van der Waals surface area contributed by atoms with Gasteiger partial charge in [0, 0.05) is 35.2 Å². The van der Waals surface area contributed by atoms with Gasteiger partial charge in [0.1, 0.15) is 0 Å². The van der Waals surface area contributed by atoms with E-state index in [1.54, 1.807) is 12.1 Å². The highest BCUT2D eigenvalue weighted by atomic mass is 16.4. The van der Waals surface area contributed by atoms with Gasteiger partial charge in [0.15, 0.2) is 0 Å². The first-order valence-electron chi connectivity index (χ1n) is 16.0. The van der Waals surface area contributed by atoms with Crippen LogP contribution in [0.2, 0.25) is 0 Å². The molecule has 1 heterocycles. The van der Waals surface area contributed by atoms with Gasteiger partial charge in [-0.25, -0.2) is 4.79 Å². The Hall–Kier alpha value is -5.42. The van der Waals surface area contributed by atoms with Gasteiger partial charge < -0.3 is 15.0 Å². The van der Waals surface area contributed by atoms with Crippen LogP contribution in [0, 0.1) is 20.8 Å². The number of rotatable bonds is 8. The summed E-state index contributed by atoms with van der Waals surface area (Å²) in [6, 6.07) is 39.6. The van der Waals surface area contributed by atoms with Gasteiger partial charge >= 0.3 is 5.97 Å². The molecule has 0 aliphatic heterocycles. The number of carbonyl (C=O) groups excluding carboxylic acids is 1. The van der Waals surface area contributed by atoms with Gasteiger partial charge in [-0.1, -0.05) is 116 Å². The molecule has 0 bridgehead atoms. The number of carboxylic acids is 1. The summed E-state index contributed by atoms with van der Waals surface area (Å²) in [5, 5.41) is 13.7. The van der Waals surface area contributed by atoms with Crippen LogP contribution in [0.1, 0.15) is 74.0 Å². The minimum absolute atomic E-state index is 0.0844. The van der Waals surface area contributed by atoms with Crippen LogP contribution in [0.3, 0.4) is 0 Å². The van der Waals surface area contributed by atoms with Gasteiger partial charge in [0.05, 0.1) is 5.56 Å². The molecule has 0 aliphatic carbocycles. The van der Waals surface area contributed by atoms with Crippen LogP contribution < -0.4 is 5.32 Å². The molecule has 1 amide bonds. The van der Waals surface area contributed by atoms with E-state index >= 15 is 0 Å². The molecule has 5 aromatic carbocycles. The Morgan fingerprint density at radius 1 is 0.745 bits per heavy atom. The van der Waals surface area contributed by atoms with Crippen LogP contribution in [-0.4, -0.2) is 21.6 Å². The SMILES string of the molecule is Cc1c(C)n(Cc2ccc(-c3ccccc3C(=O)O)cc2)c2ccc(C(=O)NCc3cccc(C(C)C)c3)cc12.Cc1ccccc1. The first-order chi connectivity index (χ1) is 22.6. The van der Waals surface area contributed by atoms with Crippen LogP contribution in [0.25, 0.3) is 22.0 Å². The molecular weight excluding hydrogens is 580 g/mol. The third-order valence-electron chi connectivity index (χ3n) is 8.68. The van der Waals surface area contributed by atoms with E-state index in [0.29, 0.717) is 35.7 Å². The number of carbonyl (C=O) groups is 2. The van der Waals surface area contributed by atoms with E-state index in [1.807, 2.05) is 84.9 Å². The van der Waals surface area contributed by atoms with Crippen LogP contribution in [0.4, 0.5) is 0 Å². The third-order valence-corrected chi connectivity index (χ3v) is 8.68. The summed E-state index contributed by atoms with van der Waals surface area (Å²) >= 11 is 0. The number of hydrogen-bond donors (Lipinski definition) is 2. The standard InChI is InChI=1S/C35H34N2O3.C7H8/c1-22(2)28-9-7-8-26(18-28)20-36-34(38)29-16-17-33-32(19-29)23(3)24(4)37(33)21-25-12-14-27(15-13-25)30-10-5-6-11-31(30)35(39)40;1-7-5-3-2-4-6-7/h5-19,22H,20-21H2,1-4H3,(H,36,38)(H,39,40);2-6H,1H3. The Labute approximate surface area is 277 Å². The summed E-state index contributed by atoms with van der Waals surface area (Å²) in [6.07, 6.45) is 0. The Balaban J connectivity index is 0.000000549. The summed E-state index contributed by atoms with van der Waals surface area (Å²) in [6.45, 7) is 11.8. The number of carboxylic acid groups (broad SMARTS) is 1. The zero-order chi connectivity index (χ0) is 33.5. The lowest BCUT2D eigenvalue weighted by atomic mass is 9.99. The second-order valence-electron chi connectivity index (χ2n) is 12.3. The lowest BCUT2D eigenvalue weighted by Crippen LogP contribution is -2.22. The molecule has 0 unspecified atom stereocenters. The normalized spacial score (nSPS) is 10.9. The largest absolute Gasteiger partial charge is 0.478 e. The number of aromatic carboxylic acids is 1. The highest BCUT2D eigenvalue weighted by molar-refractivity contribution is 5.99. The van der Waals surface area contributed by atoms with Crippen molar-refractivity contribution < 1.29 is 14.7 Å². The van der Waals surface area contributed by atoms with Gasteiger partial charge in [0.25, 0.3) is 5.91 Å². The number of nitrogens with zero attached hydrogens (tertiary/aromatic N) is 1. The number of amides is 1. The Morgan fingerprint density at radius 3 is 2.11 bits per heavy atom. The van der Waals surface area contributed by atoms with Crippen LogP contribution >= 0.6 is 0 Å². The monoisotopic (exact) mass is 622 g/mol. The first-order valence-corrected chi connectivity index (χ1v) is 16.0. The molecule has 0 aliphatic rings. The smallest absolute Gasteiger partial charge is 0.336 e. The molecule has 1 aromatic heterocycles. The average molecular weight is 623 g/mol. The molecule has 6 aromatic rings. The summed E-state index contributed by atoms with van der Waals surface area (Å²) in [5.74, 6) is -0.572. The predicted molar refractivity (Wildman–Crippen MR) is 192 cm³/mol. The van der Waals surface area contributed by atoms with E-state index in [0.717, 1.165) is 38.9 Å². The van der Waals surface area contributed by atoms with E-state index in [4.69, 9.17) is 0 Å². The predicted octanol–water partition coefficient (Wildman–Crippen LogP) is 9.72. The van der Waals surface area contributed by atoms with Gasteiger partial charge in [-0.15, -0.1) is 0 Å². The maximum absolute atomic E-state index is 13.0. The van der Waals surface area contributed by atoms with Gasteiger partial charge in [-0.2, -0.15) is 0 Å². The molecule has 238 valence electrons. The molecule has 0 radical (unpaired) electrons. The fraction of sp³-hybridized carbons (Fsp3) is 0.190. The molecule has 47 heavy (non-hydrogen) atoms. The van der Waals surface area contributed by atoms with Crippen LogP contribution in [0.5, 0.6) is 0 Å². The minimum Gasteiger partial charge on any atom is -0.478 e. The fourth-order valence-corrected chi connectivity index (χ4v) is 5.77. The van der Waals surface area contributed by atoms with Gasteiger partial charge in [-0.3, -0.25) is 4.79 Å². The molecule has 6 rings (SSSR count). The van der Waals surface area contributed by atoms with Crippen molar-refractivity contribution >= 4 is 22.8 Å². The highest BCUT2D eigenvalue weighted by Crippen LogP contribution is 2.29. The molecular formula is C42H42N2O3. The summed E-state index contributed by atoms with van der Waals surface area (Å²) < 4.78 is 2.27. The minimum atomic E-state index is -0.932. The van der Waals surface area contributed by atoms with Crippen molar-refractivity contribution in [1.82, 2.24) is 9.88 Å². The summed E-state index contributed by atoms with van der Waals surface area (Å²) in [7, 11) is 0. The number of nitrogens with one attached hydrogen (secondary N) is 1. The van der Waals surface area contributed by atoms with Crippen molar-refractivity contribution in [3.05, 3.63) is 166 Å². The second-order valence-corrected chi connectivity index (χ2v) is 12.3. The number of benzene rings is 5. The Bertz CT molecular complexity index is 2000. The zero-order valence-electron chi connectivity index (χ0n) is 27.7. The molecule has 5 heteroatoms. The molecule has 2 N–H and O–H groups in total. The van der Waals surface area contributed by atoms with E-state index in [-0.39, 0.29) is 5.91 Å². The molecule has 0 atom stereocenters. The maximum atomic E-state index is 13.0. The van der Waals surface area contributed by atoms with E-state index in [1.165, 1.54) is 11.1 Å². The molecule has 0 saturated carbocycles. The zero-order valence-corrected chi connectivity index (χ0v) is 27.7. The molecule has 0 fully saturated rings. The fourth-order valence-electron chi connectivity index (χ4n) is 5.77. The van der Waals surface area contributed by atoms with Crippen molar-refractivity contribution in [2.45, 2.75) is 53.6 Å². The summed E-state index contributed by atoms with van der Waals surface area (Å²) in [4.78, 5) is 24.7. The Morgan fingerprint density at radius 2 is 1.45 bits per heavy atom. The highest BCUT2D eigenvalue weighted by Gasteiger charge is 2.15. The van der Waals surface area contributed by atoms with Crippen LogP contribution in [-0.2, 0) is 13.1 Å². The third kappa shape index (κ3) is 7.87. The number of aromatic nitrogens is 1.